The average Bonchev–Trinajstić information content (AvgIpc) is 2.76. The van der Waals surface area contributed by atoms with Crippen LogP contribution >= 0.6 is 11.8 Å². The molecule has 2 rings (SSSR count). The van der Waals surface area contributed by atoms with E-state index in [2.05, 4.69) is 35.6 Å². The van der Waals surface area contributed by atoms with Crippen LogP contribution in [0.4, 0.5) is 0 Å². The Morgan fingerprint density at radius 3 is 2.61 bits per heavy atom. The summed E-state index contributed by atoms with van der Waals surface area (Å²) in [5.74, 6) is 1.07. The molecule has 0 saturated heterocycles. The number of nitrogens with zero attached hydrogens (tertiary/aromatic N) is 2. The van der Waals surface area contributed by atoms with Crippen molar-refractivity contribution in [1.29, 1.82) is 0 Å². The maximum Gasteiger partial charge on any atom is 0.0521 e. The summed E-state index contributed by atoms with van der Waals surface area (Å²) in [7, 11) is 1.95. The van der Waals surface area contributed by atoms with Crippen molar-refractivity contribution in [2.45, 2.75) is 24.3 Å². The normalized spacial score (nSPS) is 12.6. The molecule has 0 aliphatic carbocycles. The predicted octanol–water partition coefficient (Wildman–Crippen LogP) is 2.77. The summed E-state index contributed by atoms with van der Waals surface area (Å²) in [4.78, 5) is 1.29. The smallest absolute Gasteiger partial charge is 0.0521 e. The second kappa shape index (κ2) is 6.07. The largest absolute Gasteiger partial charge is 0.324 e. The van der Waals surface area contributed by atoms with E-state index in [4.69, 9.17) is 5.73 Å². The van der Waals surface area contributed by atoms with Gasteiger partial charge in [0.2, 0.25) is 0 Å². The molecule has 0 aliphatic heterocycles. The SMILES string of the molecule is CC(N)c1ccc(SCCc2cnn(C)c2)cc1. The standard InChI is InChI=1S/C14H19N3S/c1-11(15)13-3-5-14(6-4-13)18-8-7-12-9-16-17(2)10-12/h3-6,9-11H,7-8,15H2,1-2H3. The Kier molecular flexibility index (Phi) is 4.44. The minimum absolute atomic E-state index is 0.111. The summed E-state index contributed by atoms with van der Waals surface area (Å²) >= 11 is 1.87. The highest BCUT2D eigenvalue weighted by atomic mass is 32.2. The van der Waals surface area contributed by atoms with Crippen molar-refractivity contribution in [3.05, 3.63) is 47.8 Å². The highest BCUT2D eigenvalue weighted by Crippen LogP contribution is 2.21. The van der Waals surface area contributed by atoms with Crippen LogP contribution in [-0.4, -0.2) is 15.5 Å². The van der Waals surface area contributed by atoms with E-state index < -0.39 is 0 Å². The first-order valence-electron chi connectivity index (χ1n) is 6.11. The van der Waals surface area contributed by atoms with Crippen LogP contribution in [0.2, 0.25) is 0 Å². The van der Waals surface area contributed by atoms with E-state index in [-0.39, 0.29) is 6.04 Å². The predicted molar refractivity (Wildman–Crippen MR) is 76.7 cm³/mol. The molecular weight excluding hydrogens is 242 g/mol. The molecule has 0 aliphatic rings. The van der Waals surface area contributed by atoms with Gasteiger partial charge in [0.1, 0.15) is 0 Å². The van der Waals surface area contributed by atoms with E-state index in [1.165, 1.54) is 16.0 Å². The molecule has 2 N–H and O–H groups in total. The van der Waals surface area contributed by atoms with Gasteiger partial charge in [-0.1, -0.05) is 12.1 Å². The van der Waals surface area contributed by atoms with Gasteiger partial charge in [0.15, 0.2) is 0 Å². The Labute approximate surface area is 112 Å². The Hall–Kier alpha value is -1.26. The maximum atomic E-state index is 5.83. The van der Waals surface area contributed by atoms with Crippen molar-refractivity contribution in [2.75, 3.05) is 5.75 Å². The molecule has 0 amide bonds. The number of aromatic nitrogens is 2. The number of benzene rings is 1. The van der Waals surface area contributed by atoms with Gasteiger partial charge in [0.25, 0.3) is 0 Å². The molecule has 1 aromatic heterocycles. The third-order valence-electron chi connectivity index (χ3n) is 2.82. The lowest BCUT2D eigenvalue weighted by Crippen LogP contribution is -2.04. The van der Waals surface area contributed by atoms with E-state index in [0.717, 1.165) is 12.2 Å². The fraction of sp³-hybridized carbons (Fsp3) is 0.357. The first-order valence-corrected chi connectivity index (χ1v) is 7.09. The number of nitrogens with two attached hydrogens (primary N) is 1. The van der Waals surface area contributed by atoms with E-state index in [1.807, 2.05) is 36.6 Å². The lowest BCUT2D eigenvalue weighted by Gasteiger charge is -2.06. The van der Waals surface area contributed by atoms with Gasteiger partial charge >= 0.3 is 0 Å². The molecule has 1 aromatic carbocycles. The molecule has 1 heterocycles. The minimum Gasteiger partial charge on any atom is -0.324 e. The second-order valence-corrected chi connectivity index (χ2v) is 5.65. The van der Waals surface area contributed by atoms with Crippen molar-refractivity contribution < 1.29 is 0 Å². The average molecular weight is 261 g/mol. The molecule has 4 heteroatoms. The molecule has 2 aromatic rings. The van der Waals surface area contributed by atoms with Crippen LogP contribution in [-0.2, 0) is 13.5 Å². The molecule has 0 fully saturated rings. The Morgan fingerprint density at radius 1 is 1.33 bits per heavy atom. The first-order chi connectivity index (χ1) is 8.65. The molecular formula is C14H19N3S. The third-order valence-corrected chi connectivity index (χ3v) is 3.84. The Bertz CT molecular complexity index is 488. The van der Waals surface area contributed by atoms with E-state index >= 15 is 0 Å². The maximum absolute atomic E-state index is 5.83. The van der Waals surface area contributed by atoms with E-state index in [1.54, 1.807) is 0 Å². The molecule has 96 valence electrons. The molecule has 1 unspecified atom stereocenters. The molecule has 0 bridgehead atoms. The molecule has 0 saturated carbocycles. The summed E-state index contributed by atoms with van der Waals surface area (Å²) in [5.41, 5.74) is 8.30. The molecule has 0 spiro atoms. The minimum atomic E-state index is 0.111. The van der Waals surface area contributed by atoms with Crippen molar-refractivity contribution >= 4 is 11.8 Å². The lowest BCUT2D eigenvalue weighted by molar-refractivity contribution is 0.767. The zero-order valence-electron chi connectivity index (χ0n) is 10.8. The topological polar surface area (TPSA) is 43.8 Å². The van der Waals surface area contributed by atoms with Crippen molar-refractivity contribution in [3.63, 3.8) is 0 Å². The summed E-state index contributed by atoms with van der Waals surface area (Å²) in [6, 6.07) is 8.62. The summed E-state index contributed by atoms with van der Waals surface area (Å²) in [6.07, 6.45) is 5.05. The van der Waals surface area contributed by atoms with Gasteiger partial charge in [-0.15, -0.1) is 11.8 Å². The van der Waals surface area contributed by atoms with Gasteiger partial charge in [-0.2, -0.15) is 5.10 Å². The van der Waals surface area contributed by atoms with Gasteiger partial charge < -0.3 is 5.73 Å². The zero-order valence-corrected chi connectivity index (χ0v) is 11.7. The van der Waals surface area contributed by atoms with Crippen molar-refractivity contribution in [2.24, 2.45) is 12.8 Å². The van der Waals surface area contributed by atoms with Crippen LogP contribution in [0.25, 0.3) is 0 Å². The van der Waals surface area contributed by atoms with Crippen molar-refractivity contribution in [1.82, 2.24) is 9.78 Å². The van der Waals surface area contributed by atoms with Crippen LogP contribution in [0.3, 0.4) is 0 Å². The van der Waals surface area contributed by atoms with Gasteiger partial charge in [-0.05, 0) is 36.6 Å². The zero-order chi connectivity index (χ0) is 13.0. The Balaban J connectivity index is 1.83. The van der Waals surface area contributed by atoms with Crippen molar-refractivity contribution in [3.8, 4) is 0 Å². The van der Waals surface area contributed by atoms with Gasteiger partial charge in [0.05, 0.1) is 6.20 Å². The summed E-state index contributed by atoms with van der Waals surface area (Å²) in [5, 5.41) is 4.17. The van der Waals surface area contributed by atoms with Crippen LogP contribution in [0.15, 0.2) is 41.6 Å². The number of hydrogen-bond acceptors (Lipinski definition) is 3. The third kappa shape index (κ3) is 3.62. The first kappa shape index (κ1) is 13.2. The monoisotopic (exact) mass is 261 g/mol. The van der Waals surface area contributed by atoms with E-state index in [0.29, 0.717) is 0 Å². The van der Waals surface area contributed by atoms with Gasteiger partial charge in [0, 0.05) is 29.9 Å². The number of hydrogen-bond donors (Lipinski definition) is 1. The number of rotatable bonds is 5. The van der Waals surface area contributed by atoms with E-state index in [9.17, 15) is 0 Å². The molecule has 1 atom stereocenters. The van der Waals surface area contributed by atoms with Crippen LogP contribution in [0.1, 0.15) is 24.1 Å². The molecule has 0 radical (unpaired) electrons. The fourth-order valence-electron chi connectivity index (χ4n) is 1.76. The summed E-state index contributed by atoms with van der Waals surface area (Å²) < 4.78 is 1.84. The second-order valence-electron chi connectivity index (χ2n) is 4.48. The molecule has 18 heavy (non-hydrogen) atoms. The fourth-order valence-corrected chi connectivity index (χ4v) is 2.66. The highest BCUT2D eigenvalue weighted by molar-refractivity contribution is 7.99. The number of thioether (sulfide) groups is 1. The van der Waals surface area contributed by atoms with Crippen LogP contribution in [0.5, 0.6) is 0 Å². The van der Waals surface area contributed by atoms with Gasteiger partial charge in [-0.3, -0.25) is 4.68 Å². The van der Waals surface area contributed by atoms with Gasteiger partial charge in [-0.25, -0.2) is 0 Å². The quantitative estimate of drug-likeness (QED) is 0.842. The molecule has 3 nitrogen and oxygen atoms in total. The summed E-state index contributed by atoms with van der Waals surface area (Å²) in [6.45, 7) is 2.00. The Morgan fingerprint density at radius 2 is 2.06 bits per heavy atom. The number of aryl methyl sites for hydroxylation is 2. The van der Waals surface area contributed by atoms with Crippen LogP contribution < -0.4 is 5.73 Å². The highest BCUT2D eigenvalue weighted by Gasteiger charge is 2.01. The lowest BCUT2D eigenvalue weighted by atomic mass is 10.1. The van der Waals surface area contributed by atoms with Crippen LogP contribution in [0, 0.1) is 0 Å².